The van der Waals surface area contributed by atoms with Gasteiger partial charge in [-0.15, -0.1) is 0 Å². The van der Waals surface area contributed by atoms with E-state index in [4.69, 9.17) is 15.4 Å². The summed E-state index contributed by atoms with van der Waals surface area (Å²) in [6.07, 6.45) is 1.34. The van der Waals surface area contributed by atoms with E-state index in [-0.39, 0.29) is 30.2 Å². The minimum Gasteiger partial charge on any atom is -0.444 e. The Labute approximate surface area is 129 Å². The molecular formula is C15H20N4O3. The topological polar surface area (TPSA) is 112 Å². The minimum absolute atomic E-state index is 0.0973. The van der Waals surface area contributed by atoms with Gasteiger partial charge in [-0.05, 0) is 39.8 Å². The van der Waals surface area contributed by atoms with Gasteiger partial charge in [-0.3, -0.25) is 19.8 Å². The van der Waals surface area contributed by atoms with E-state index in [9.17, 15) is 9.59 Å². The number of hydrogen-bond donors (Lipinski definition) is 2. The third-order valence-corrected chi connectivity index (χ3v) is 4.11. The first kappa shape index (κ1) is 16.0. The molecule has 1 aromatic rings. The van der Waals surface area contributed by atoms with E-state index in [0.717, 1.165) is 5.56 Å². The van der Waals surface area contributed by atoms with E-state index in [1.807, 2.05) is 11.0 Å². The standard InChI is InChI=1S/C15H20N4O3/c1-9-10(2)22-15(12(9)7-16)18-13(20)8-19-5-3-11(4-6-19)14(17)21/h11H,3-6,8H2,1-2H3,(H2,17,21)(H,18,20). The van der Waals surface area contributed by atoms with Crippen LogP contribution in [0, 0.1) is 31.1 Å². The van der Waals surface area contributed by atoms with Crippen molar-refractivity contribution < 1.29 is 14.0 Å². The molecule has 0 saturated carbocycles. The number of rotatable bonds is 4. The van der Waals surface area contributed by atoms with E-state index >= 15 is 0 Å². The Hall–Kier alpha value is -2.33. The number of nitrogens with two attached hydrogens (primary N) is 1. The summed E-state index contributed by atoms with van der Waals surface area (Å²) in [5.74, 6) is 0.218. The maximum absolute atomic E-state index is 12.1. The second kappa shape index (κ2) is 6.62. The molecule has 7 nitrogen and oxygen atoms in total. The zero-order valence-corrected chi connectivity index (χ0v) is 12.8. The average molecular weight is 304 g/mol. The monoisotopic (exact) mass is 304 g/mol. The van der Waals surface area contributed by atoms with Gasteiger partial charge in [0, 0.05) is 11.5 Å². The van der Waals surface area contributed by atoms with Crippen molar-refractivity contribution in [2.24, 2.45) is 11.7 Å². The predicted octanol–water partition coefficient (Wildman–Crippen LogP) is 0.904. The van der Waals surface area contributed by atoms with Gasteiger partial charge in [-0.1, -0.05) is 0 Å². The number of amides is 2. The highest BCUT2D eigenvalue weighted by molar-refractivity contribution is 5.92. The van der Waals surface area contributed by atoms with Gasteiger partial charge >= 0.3 is 0 Å². The van der Waals surface area contributed by atoms with Crippen LogP contribution >= 0.6 is 0 Å². The van der Waals surface area contributed by atoms with Crippen molar-refractivity contribution in [1.82, 2.24) is 4.90 Å². The lowest BCUT2D eigenvalue weighted by Crippen LogP contribution is -2.42. The van der Waals surface area contributed by atoms with Crippen molar-refractivity contribution >= 4 is 17.7 Å². The molecule has 0 aromatic carbocycles. The zero-order chi connectivity index (χ0) is 16.3. The van der Waals surface area contributed by atoms with Crippen molar-refractivity contribution in [3.05, 3.63) is 16.9 Å². The zero-order valence-electron chi connectivity index (χ0n) is 12.8. The van der Waals surface area contributed by atoms with E-state index < -0.39 is 0 Å². The summed E-state index contributed by atoms with van der Waals surface area (Å²) in [6.45, 7) is 5.04. The van der Waals surface area contributed by atoms with E-state index in [0.29, 0.717) is 37.3 Å². The minimum atomic E-state index is -0.274. The molecule has 2 heterocycles. The van der Waals surface area contributed by atoms with Gasteiger partial charge in [0.2, 0.25) is 17.7 Å². The highest BCUT2D eigenvalue weighted by atomic mass is 16.4. The summed E-state index contributed by atoms with van der Waals surface area (Å²) in [7, 11) is 0. The Bertz CT molecular complexity index is 621. The summed E-state index contributed by atoms with van der Waals surface area (Å²) in [6, 6.07) is 2.04. The van der Waals surface area contributed by atoms with Gasteiger partial charge in [-0.2, -0.15) is 5.26 Å². The second-order valence-corrected chi connectivity index (χ2v) is 5.60. The Morgan fingerprint density at radius 2 is 2.05 bits per heavy atom. The predicted molar refractivity (Wildman–Crippen MR) is 79.9 cm³/mol. The van der Waals surface area contributed by atoms with Gasteiger partial charge in [0.1, 0.15) is 17.4 Å². The number of furan rings is 1. The van der Waals surface area contributed by atoms with E-state index in [1.165, 1.54) is 0 Å². The summed E-state index contributed by atoms with van der Waals surface area (Å²) in [4.78, 5) is 25.1. The molecule has 0 unspecified atom stereocenters. The van der Waals surface area contributed by atoms with Crippen LogP contribution in [0.3, 0.4) is 0 Å². The second-order valence-electron chi connectivity index (χ2n) is 5.60. The Morgan fingerprint density at radius 3 is 2.59 bits per heavy atom. The first-order valence-electron chi connectivity index (χ1n) is 7.24. The number of primary amides is 1. The normalized spacial score (nSPS) is 16.2. The third-order valence-electron chi connectivity index (χ3n) is 4.11. The molecule has 22 heavy (non-hydrogen) atoms. The first-order valence-corrected chi connectivity index (χ1v) is 7.24. The first-order chi connectivity index (χ1) is 10.4. The molecule has 0 bridgehead atoms. The highest BCUT2D eigenvalue weighted by Gasteiger charge is 2.25. The van der Waals surface area contributed by atoms with Gasteiger partial charge in [0.25, 0.3) is 0 Å². The van der Waals surface area contributed by atoms with Crippen LogP contribution < -0.4 is 11.1 Å². The van der Waals surface area contributed by atoms with Crippen molar-refractivity contribution in [1.29, 1.82) is 5.26 Å². The number of anilines is 1. The highest BCUT2D eigenvalue weighted by Crippen LogP contribution is 2.25. The van der Waals surface area contributed by atoms with Crippen LogP contribution in [-0.4, -0.2) is 36.3 Å². The molecule has 1 aliphatic heterocycles. The number of nitrogens with zero attached hydrogens (tertiary/aromatic N) is 2. The molecule has 118 valence electrons. The number of carbonyl (C=O) groups is 2. The Kier molecular flexibility index (Phi) is 4.83. The average Bonchev–Trinajstić information content (AvgIpc) is 2.73. The molecular weight excluding hydrogens is 284 g/mol. The Balaban J connectivity index is 1.91. The largest absolute Gasteiger partial charge is 0.444 e. The molecule has 1 saturated heterocycles. The van der Waals surface area contributed by atoms with Crippen LogP contribution in [0.2, 0.25) is 0 Å². The number of nitriles is 1. The number of likely N-dealkylation sites (tertiary alicyclic amines) is 1. The van der Waals surface area contributed by atoms with Crippen molar-refractivity contribution in [3.63, 3.8) is 0 Å². The molecule has 7 heteroatoms. The molecule has 2 rings (SSSR count). The van der Waals surface area contributed by atoms with Crippen LogP contribution in [0.15, 0.2) is 4.42 Å². The Morgan fingerprint density at radius 1 is 1.41 bits per heavy atom. The van der Waals surface area contributed by atoms with Crippen LogP contribution in [0.25, 0.3) is 0 Å². The van der Waals surface area contributed by atoms with Gasteiger partial charge in [-0.25, -0.2) is 0 Å². The van der Waals surface area contributed by atoms with E-state index in [2.05, 4.69) is 5.32 Å². The molecule has 3 N–H and O–H groups in total. The molecule has 0 aliphatic carbocycles. The summed E-state index contributed by atoms with van der Waals surface area (Å²) in [5.41, 5.74) is 6.38. The quantitative estimate of drug-likeness (QED) is 0.858. The lowest BCUT2D eigenvalue weighted by molar-refractivity contribution is -0.123. The van der Waals surface area contributed by atoms with Crippen LogP contribution in [0.5, 0.6) is 0 Å². The number of hydrogen-bond acceptors (Lipinski definition) is 5. The summed E-state index contributed by atoms with van der Waals surface area (Å²) in [5, 5.41) is 11.8. The molecule has 1 aliphatic rings. The maximum atomic E-state index is 12.1. The molecule has 0 spiro atoms. The molecule has 1 aromatic heterocycles. The number of nitrogens with one attached hydrogen (secondary N) is 1. The van der Waals surface area contributed by atoms with Crippen LogP contribution in [0.1, 0.15) is 29.7 Å². The lowest BCUT2D eigenvalue weighted by atomic mass is 9.96. The number of carbonyl (C=O) groups excluding carboxylic acids is 2. The summed E-state index contributed by atoms with van der Waals surface area (Å²) >= 11 is 0. The number of aryl methyl sites for hydroxylation is 1. The maximum Gasteiger partial charge on any atom is 0.240 e. The fourth-order valence-electron chi connectivity index (χ4n) is 2.59. The lowest BCUT2D eigenvalue weighted by Gasteiger charge is -2.29. The molecule has 0 radical (unpaired) electrons. The summed E-state index contributed by atoms with van der Waals surface area (Å²) < 4.78 is 5.41. The van der Waals surface area contributed by atoms with E-state index in [1.54, 1.807) is 13.8 Å². The fraction of sp³-hybridized carbons (Fsp3) is 0.533. The van der Waals surface area contributed by atoms with Crippen molar-refractivity contribution in [2.45, 2.75) is 26.7 Å². The van der Waals surface area contributed by atoms with Gasteiger partial charge in [0.05, 0.1) is 6.54 Å². The van der Waals surface area contributed by atoms with Gasteiger partial charge < -0.3 is 10.2 Å². The van der Waals surface area contributed by atoms with Gasteiger partial charge in [0.15, 0.2) is 0 Å². The fourth-order valence-corrected chi connectivity index (χ4v) is 2.59. The number of piperidine rings is 1. The SMILES string of the molecule is Cc1oc(NC(=O)CN2CCC(C(N)=O)CC2)c(C#N)c1C. The smallest absolute Gasteiger partial charge is 0.240 e. The molecule has 1 fully saturated rings. The molecule has 2 amide bonds. The van der Waals surface area contributed by atoms with Crippen LogP contribution in [0.4, 0.5) is 5.88 Å². The van der Waals surface area contributed by atoms with Crippen LogP contribution in [-0.2, 0) is 9.59 Å². The van der Waals surface area contributed by atoms with Crippen molar-refractivity contribution in [2.75, 3.05) is 25.0 Å². The molecule has 0 atom stereocenters. The van der Waals surface area contributed by atoms with Crippen molar-refractivity contribution in [3.8, 4) is 6.07 Å². The third kappa shape index (κ3) is 3.46.